The lowest BCUT2D eigenvalue weighted by atomic mass is 10.6. The molecule has 2 N–H and O–H groups in total. The minimum atomic E-state index is -1.65. The van der Waals surface area contributed by atoms with Crippen molar-refractivity contribution in [1.82, 2.24) is 5.16 Å². The summed E-state index contributed by atoms with van der Waals surface area (Å²) in [6.07, 6.45) is -2.48. The molecule has 0 bridgehead atoms. The number of carboxylic acid groups (broad SMARTS) is 2. The summed E-state index contributed by atoms with van der Waals surface area (Å²) in [5, 5.41) is 19.3. The van der Waals surface area contributed by atoms with E-state index in [1.165, 1.54) is 0 Å². The Morgan fingerprint density at radius 1 is 1.31 bits per heavy atom. The first-order chi connectivity index (χ1) is 6.09. The van der Waals surface area contributed by atoms with Crippen LogP contribution in [0.5, 0.6) is 11.6 Å². The fourth-order valence-electron chi connectivity index (χ4n) is 0.531. The topological polar surface area (TPSA) is 119 Å². The molecule has 0 saturated heterocycles. The molecule has 70 valence electrons. The second kappa shape index (κ2) is 3.43. The highest BCUT2D eigenvalue weighted by molar-refractivity contribution is 5.65. The Balaban J connectivity index is 2.76. The zero-order chi connectivity index (χ0) is 9.84. The second-order valence-electron chi connectivity index (χ2n) is 1.72. The molecule has 1 aromatic heterocycles. The quantitative estimate of drug-likeness (QED) is 0.655. The van der Waals surface area contributed by atoms with Gasteiger partial charge in [-0.05, 0) is 5.16 Å². The van der Waals surface area contributed by atoms with Gasteiger partial charge < -0.3 is 24.2 Å². The molecule has 0 amide bonds. The Bertz CT molecular complexity index is 299. The molecule has 8 heteroatoms. The lowest BCUT2D eigenvalue weighted by molar-refractivity contribution is 0.131. The van der Waals surface area contributed by atoms with Gasteiger partial charge in [-0.25, -0.2) is 9.59 Å². The van der Waals surface area contributed by atoms with Crippen molar-refractivity contribution in [3.63, 3.8) is 0 Å². The number of rotatable bonds is 2. The van der Waals surface area contributed by atoms with E-state index in [2.05, 4.69) is 19.2 Å². The highest BCUT2D eigenvalue weighted by Gasteiger charge is 2.16. The zero-order valence-electron chi connectivity index (χ0n) is 5.96. The summed E-state index contributed by atoms with van der Waals surface area (Å²) >= 11 is 0. The maximum atomic E-state index is 10.0. The number of ether oxygens (including phenoxy) is 2. The molecular formula is C5H3NO7. The van der Waals surface area contributed by atoms with Crippen molar-refractivity contribution in [3.05, 3.63) is 6.26 Å². The van der Waals surface area contributed by atoms with Gasteiger partial charge in [0, 0.05) is 0 Å². The van der Waals surface area contributed by atoms with Gasteiger partial charge >= 0.3 is 18.2 Å². The predicted octanol–water partition coefficient (Wildman–Crippen LogP) is 0.788. The number of aromatic nitrogens is 1. The minimum absolute atomic E-state index is 0.421. The van der Waals surface area contributed by atoms with Crippen LogP contribution >= 0.6 is 0 Å². The van der Waals surface area contributed by atoms with E-state index in [9.17, 15) is 9.59 Å². The third-order valence-electron chi connectivity index (χ3n) is 0.887. The summed E-state index contributed by atoms with van der Waals surface area (Å²) in [6.45, 7) is 0. The Morgan fingerprint density at radius 3 is 2.46 bits per heavy atom. The highest BCUT2D eigenvalue weighted by Crippen LogP contribution is 2.24. The van der Waals surface area contributed by atoms with Gasteiger partial charge in [0.1, 0.15) is 0 Å². The van der Waals surface area contributed by atoms with Gasteiger partial charge in [0.25, 0.3) is 0 Å². The lowest BCUT2D eigenvalue weighted by Gasteiger charge is -1.96. The van der Waals surface area contributed by atoms with Crippen molar-refractivity contribution >= 4 is 12.3 Å². The second-order valence-corrected chi connectivity index (χ2v) is 1.72. The summed E-state index contributed by atoms with van der Waals surface area (Å²) in [4.78, 5) is 20.0. The van der Waals surface area contributed by atoms with Crippen LogP contribution in [0, 0.1) is 0 Å². The average Bonchev–Trinajstić information content (AvgIpc) is 2.34. The molecule has 0 spiro atoms. The normalized spacial score (nSPS) is 9.23. The molecule has 1 rings (SSSR count). The summed E-state index contributed by atoms with van der Waals surface area (Å²) in [6, 6.07) is 0. The monoisotopic (exact) mass is 189 g/mol. The van der Waals surface area contributed by atoms with Crippen molar-refractivity contribution in [2.75, 3.05) is 0 Å². The van der Waals surface area contributed by atoms with E-state index in [1.807, 2.05) is 0 Å². The Labute approximate surface area is 70.3 Å². The Hall–Kier alpha value is -2.25. The van der Waals surface area contributed by atoms with E-state index >= 15 is 0 Å². The smallest absolute Gasteiger partial charge is 0.449 e. The summed E-state index contributed by atoms with van der Waals surface area (Å²) in [7, 11) is 0. The van der Waals surface area contributed by atoms with Crippen molar-refractivity contribution in [2.24, 2.45) is 0 Å². The van der Waals surface area contributed by atoms with Crippen LogP contribution in [0.25, 0.3) is 0 Å². The van der Waals surface area contributed by atoms with Crippen molar-refractivity contribution in [1.29, 1.82) is 0 Å². The van der Waals surface area contributed by atoms with E-state index in [4.69, 9.17) is 10.2 Å². The van der Waals surface area contributed by atoms with Crippen molar-refractivity contribution in [3.8, 4) is 11.6 Å². The Morgan fingerprint density at radius 2 is 1.92 bits per heavy atom. The van der Waals surface area contributed by atoms with E-state index in [0.717, 1.165) is 6.26 Å². The fourth-order valence-corrected chi connectivity index (χ4v) is 0.531. The van der Waals surface area contributed by atoms with Gasteiger partial charge in [-0.2, -0.15) is 0 Å². The van der Waals surface area contributed by atoms with Gasteiger partial charge in [0.15, 0.2) is 6.26 Å². The highest BCUT2D eigenvalue weighted by atomic mass is 16.7. The molecule has 8 nitrogen and oxygen atoms in total. The lowest BCUT2D eigenvalue weighted by Crippen LogP contribution is -2.07. The molecule has 13 heavy (non-hydrogen) atoms. The van der Waals surface area contributed by atoms with Crippen LogP contribution < -0.4 is 9.47 Å². The molecule has 0 radical (unpaired) electrons. The van der Waals surface area contributed by atoms with E-state index in [1.54, 1.807) is 0 Å². The minimum Gasteiger partial charge on any atom is -0.449 e. The maximum Gasteiger partial charge on any atom is 0.512 e. The van der Waals surface area contributed by atoms with E-state index < -0.39 is 23.9 Å². The van der Waals surface area contributed by atoms with E-state index in [-0.39, 0.29) is 0 Å². The van der Waals surface area contributed by atoms with Gasteiger partial charge in [-0.3, -0.25) is 0 Å². The average molecular weight is 189 g/mol. The maximum absolute atomic E-state index is 10.0. The molecule has 0 aromatic carbocycles. The molecule has 1 aromatic rings. The van der Waals surface area contributed by atoms with Gasteiger partial charge in [-0.1, -0.05) is 0 Å². The molecule has 0 aliphatic rings. The van der Waals surface area contributed by atoms with Gasteiger partial charge in [0.05, 0.1) is 0 Å². The third-order valence-corrected chi connectivity index (χ3v) is 0.887. The van der Waals surface area contributed by atoms with Gasteiger partial charge in [0.2, 0.25) is 5.75 Å². The van der Waals surface area contributed by atoms with Crippen molar-refractivity contribution in [2.45, 2.75) is 0 Å². The molecule has 0 fully saturated rings. The van der Waals surface area contributed by atoms with Gasteiger partial charge in [-0.15, -0.1) is 0 Å². The third kappa shape index (κ3) is 2.36. The van der Waals surface area contributed by atoms with Crippen LogP contribution in [-0.2, 0) is 0 Å². The van der Waals surface area contributed by atoms with Crippen LogP contribution in [0.3, 0.4) is 0 Å². The fraction of sp³-hybridized carbons (Fsp3) is 0. The molecule has 0 aliphatic carbocycles. The molecule has 0 saturated carbocycles. The Kier molecular flexibility index (Phi) is 2.33. The number of nitrogens with zero attached hydrogens (tertiary/aromatic N) is 1. The summed E-state index contributed by atoms with van der Waals surface area (Å²) in [5.74, 6) is -0.982. The van der Waals surface area contributed by atoms with Crippen LogP contribution in [-0.4, -0.2) is 27.7 Å². The molecule has 0 unspecified atom stereocenters. The molecule has 0 atom stereocenters. The first-order valence-corrected chi connectivity index (χ1v) is 2.85. The number of carbonyl (C=O) groups is 2. The van der Waals surface area contributed by atoms with Crippen LogP contribution in [0.15, 0.2) is 10.8 Å². The summed E-state index contributed by atoms with van der Waals surface area (Å²) < 4.78 is 12.3. The zero-order valence-corrected chi connectivity index (χ0v) is 5.96. The first kappa shape index (κ1) is 8.84. The molecular weight excluding hydrogens is 186 g/mol. The molecule has 1 heterocycles. The van der Waals surface area contributed by atoms with E-state index in [0.29, 0.717) is 0 Å². The summed E-state index contributed by atoms with van der Waals surface area (Å²) in [5.41, 5.74) is 0. The number of hydrogen-bond acceptors (Lipinski definition) is 6. The van der Waals surface area contributed by atoms with Crippen molar-refractivity contribution < 1.29 is 33.8 Å². The SMILES string of the molecule is O=C(O)Oc1conc1OC(=O)O. The first-order valence-electron chi connectivity index (χ1n) is 2.85. The number of hydrogen-bond donors (Lipinski definition) is 2. The van der Waals surface area contributed by atoms with Crippen LogP contribution in [0.4, 0.5) is 9.59 Å². The largest absolute Gasteiger partial charge is 0.512 e. The van der Waals surface area contributed by atoms with Crippen LogP contribution in [0.1, 0.15) is 0 Å². The standard InChI is InChI=1S/C5H3NO7/c7-4(8)12-2-1-11-6-3(2)13-5(9)10/h1H,(H,7,8)(H,9,10). The van der Waals surface area contributed by atoms with Crippen LogP contribution in [0.2, 0.25) is 0 Å². The molecule has 0 aliphatic heterocycles. The predicted molar refractivity (Wildman–Crippen MR) is 33.8 cm³/mol.